The number of aromatic nitrogens is 4. The van der Waals surface area contributed by atoms with Crippen molar-refractivity contribution in [1.29, 1.82) is 0 Å². The van der Waals surface area contributed by atoms with Crippen LogP contribution in [0.5, 0.6) is 0 Å². The first kappa shape index (κ1) is 19.3. The van der Waals surface area contributed by atoms with Gasteiger partial charge in [-0.15, -0.1) is 0 Å². The van der Waals surface area contributed by atoms with Crippen LogP contribution in [0.25, 0.3) is 11.0 Å². The Labute approximate surface area is 169 Å². The molecule has 1 fully saturated rings. The SMILES string of the molecule is Cn1cc(CCCC2CCN(c3ncc(C(=O)NO)cn3)CC2)c2cccnc21. The van der Waals surface area contributed by atoms with Crippen molar-refractivity contribution in [1.82, 2.24) is 25.0 Å². The van der Waals surface area contributed by atoms with Crippen LogP contribution in [-0.4, -0.2) is 43.7 Å². The predicted molar refractivity (Wildman–Crippen MR) is 110 cm³/mol. The lowest BCUT2D eigenvalue weighted by atomic mass is 9.91. The number of nitrogens with zero attached hydrogens (tertiary/aromatic N) is 5. The van der Waals surface area contributed by atoms with Crippen molar-refractivity contribution in [3.8, 4) is 0 Å². The van der Waals surface area contributed by atoms with Crippen LogP contribution < -0.4 is 10.4 Å². The Bertz CT molecular complexity index is 977. The van der Waals surface area contributed by atoms with Crippen molar-refractivity contribution < 1.29 is 10.0 Å². The van der Waals surface area contributed by atoms with Gasteiger partial charge >= 0.3 is 0 Å². The molecule has 152 valence electrons. The van der Waals surface area contributed by atoms with Gasteiger partial charge in [-0.05, 0) is 55.7 Å². The third-order valence-corrected chi connectivity index (χ3v) is 5.77. The number of fused-ring (bicyclic) bond motifs is 1. The van der Waals surface area contributed by atoms with E-state index in [2.05, 4.69) is 43.7 Å². The maximum Gasteiger partial charge on any atom is 0.277 e. The standard InChI is InChI=1S/C21H26N6O2/c1-26-14-16(18-6-3-9-22-19(18)26)5-2-4-15-7-10-27(11-8-15)21-23-12-17(13-24-21)20(28)25-29/h3,6,9,12-15,29H,2,4-5,7-8,10-11H2,1H3,(H,25,28). The molecule has 2 N–H and O–H groups in total. The van der Waals surface area contributed by atoms with Crippen LogP contribution in [0.4, 0.5) is 5.95 Å². The number of hydroxylamine groups is 1. The maximum atomic E-state index is 11.4. The molecule has 0 aliphatic carbocycles. The van der Waals surface area contributed by atoms with E-state index in [4.69, 9.17) is 5.21 Å². The van der Waals surface area contributed by atoms with Gasteiger partial charge in [-0.3, -0.25) is 10.0 Å². The first-order valence-corrected chi connectivity index (χ1v) is 10.1. The summed E-state index contributed by atoms with van der Waals surface area (Å²) in [5.74, 6) is 0.761. The van der Waals surface area contributed by atoms with Gasteiger partial charge in [0.05, 0.1) is 5.56 Å². The third kappa shape index (κ3) is 4.22. The summed E-state index contributed by atoms with van der Waals surface area (Å²) in [4.78, 5) is 26.5. The fourth-order valence-corrected chi connectivity index (χ4v) is 4.16. The van der Waals surface area contributed by atoms with E-state index in [-0.39, 0.29) is 5.56 Å². The maximum absolute atomic E-state index is 11.4. The van der Waals surface area contributed by atoms with E-state index < -0.39 is 5.91 Å². The highest BCUT2D eigenvalue weighted by Crippen LogP contribution is 2.26. The summed E-state index contributed by atoms with van der Waals surface area (Å²) in [5, 5.41) is 9.93. The molecule has 0 saturated carbocycles. The Morgan fingerprint density at radius 2 is 2.00 bits per heavy atom. The van der Waals surface area contributed by atoms with Crippen molar-refractivity contribution >= 4 is 22.9 Å². The Morgan fingerprint density at radius 1 is 1.24 bits per heavy atom. The lowest BCUT2D eigenvalue weighted by Gasteiger charge is -2.32. The lowest BCUT2D eigenvalue weighted by molar-refractivity contribution is 0.0705. The molecule has 0 unspecified atom stereocenters. The molecule has 1 saturated heterocycles. The third-order valence-electron chi connectivity index (χ3n) is 5.77. The van der Waals surface area contributed by atoms with Gasteiger partial charge in [0, 0.05) is 50.3 Å². The Balaban J connectivity index is 1.26. The number of anilines is 1. The van der Waals surface area contributed by atoms with Crippen molar-refractivity contribution in [3.05, 3.63) is 48.0 Å². The molecule has 4 heterocycles. The molecule has 0 atom stereocenters. The summed E-state index contributed by atoms with van der Waals surface area (Å²) in [6, 6.07) is 4.16. The molecule has 0 aromatic carbocycles. The molecule has 8 nitrogen and oxygen atoms in total. The fourth-order valence-electron chi connectivity index (χ4n) is 4.16. The first-order chi connectivity index (χ1) is 14.2. The highest BCUT2D eigenvalue weighted by atomic mass is 16.5. The smallest absolute Gasteiger partial charge is 0.277 e. The Morgan fingerprint density at radius 3 is 2.72 bits per heavy atom. The average molecular weight is 394 g/mol. The number of hydrogen-bond acceptors (Lipinski definition) is 6. The molecule has 4 rings (SSSR count). The highest BCUT2D eigenvalue weighted by Gasteiger charge is 2.21. The normalized spacial score (nSPS) is 15.0. The number of pyridine rings is 1. The molecule has 0 radical (unpaired) electrons. The van der Waals surface area contributed by atoms with Gasteiger partial charge in [0.1, 0.15) is 5.65 Å². The van der Waals surface area contributed by atoms with Crippen LogP contribution in [0.15, 0.2) is 36.9 Å². The second kappa shape index (κ2) is 8.57. The van der Waals surface area contributed by atoms with Crippen LogP contribution >= 0.6 is 0 Å². The zero-order chi connectivity index (χ0) is 20.2. The topological polar surface area (TPSA) is 96.2 Å². The molecular weight excluding hydrogens is 368 g/mol. The first-order valence-electron chi connectivity index (χ1n) is 10.1. The minimum atomic E-state index is -0.600. The van der Waals surface area contributed by atoms with Crippen molar-refractivity contribution in [3.63, 3.8) is 0 Å². The second-order valence-electron chi connectivity index (χ2n) is 7.68. The minimum Gasteiger partial charge on any atom is -0.341 e. The van der Waals surface area contributed by atoms with Crippen LogP contribution in [0, 0.1) is 5.92 Å². The molecule has 3 aromatic heterocycles. The summed E-state index contributed by atoms with van der Waals surface area (Å²) in [6.07, 6.45) is 12.7. The van der Waals surface area contributed by atoms with Crippen LogP contribution in [0.3, 0.4) is 0 Å². The number of piperidine rings is 1. The van der Waals surface area contributed by atoms with E-state index in [1.807, 2.05) is 12.3 Å². The fraction of sp³-hybridized carbons (Fsp3) is 0.429. The van der Waals surface area contributed by atoms with Crippen LogP contribution in [0.1, 0.15) is 41.6 Å². The van der Waals surface area contributed by atoms with E-state index in [0.717, 1.165) is 43.9 Å². The number of nitrogens with one attached hydrogen (secondary N) is 1. The molecule has 3 aromatic rings. The van der Waals surface area contributed by atoms with Gasteiger partial charge in [0.2, 0.25) is 5.95 Å². The van der Waals surface area contributed by atoms with E-state index in [0.29, 0.717) is 5.95 Å². The van der Waals surface area contributed by atoms with Crippen molar-refractivity contribution in [2.45, 2.75) is 32.1 Å². The van der Waals surface area contributed by atoms with E-state index in [9.17, 15) is 4.79 Å². The molecule has 0 bridgehead atoms. The van der Waals surface area contributed by atoms with Gasteiger partial charge < -0.3 is 9.47 Å². The van der Waals surface area contributed by atoms with Crippen molar-refractivity contribution in [2.75, 3.05) is 18.0 Å². The molecule has 0 spiro atoms. The largest absolute Gasteiger partial charge is 0.341 e. The van der Waals surface area contributed by atoms with Gasteiger partial charge in [-0.1, -0.05) is 0 Å². The zero-order valence-electron chi connectivity index (χ0n) is 16.6. The summed E-state index contributed by atoms with van der Waals surface area (Å²) in [7, 11) is 2.05. The average Bonchev–Trinajstić information content (AvgIpc) is 3.10. The van der Waals surface area contributed by atoms with Gasteiger partial charge in [0.25, 0.3) is 5.91 Å². The zero-order valence-corrected chi connectivity index (χ0v) is 16.6. The number of aryl methyl sites for hydroxylation is 2. The number of carbonyl (C=O) groups excluding carboxylic acids is 1. The second-order valence-corrected chi connectivity index (χ2v) is 7.68. The molecule has 29 heavy (non-hydrogen) atoms. The molecule has 1 amide bonds. The Kier molecular flexibility index (Phi) is 5.71. The number of rotatable bonds is 6. The molecule has 8 heteroatoms. The molecule has 1 aliphatic heterocycles. The number of amides is 1. The monoisotopic (exact) mass is 394 g/mol. The van der Waals surface area contributed by atoms with Crippen LogP contribution in [0.2, 0.25) is 0 Å². The van der Waals surface area contributed by atoms with E-state index >= 15 is 0 Å². The minimum absolute atomic E-state index is 0.245. The lowest BCUT2D eigenvalue weighted by Crippen LogP contribution is -2.35. The van der Waals surface area contributed by atoms with Gasteiger partial charge in [0.15, 0.2) is 0 Å². The highest BCUT2D eigenvalue weighted by molar-refractivity contribution is 5.92. The summed E-state index contributed by atoms with van der Waals surface area (Å²) in [5.41, 5.74) is 4.27. The summed E-state index contributed by atoms with van der Waals surface area (Å²) >= 11 is 0. The number of hydrogen-bond donors (Lipinski definition) is 2. The number of carbonyl (C=O) groups is 1. The summed E-state index contributed by atoms with van der Waals surface area (Å²) in [6.45, 7) is 1.85. The van der Waals surface area contributed by atoms with Gasteiger partial charge in [-0.25, -0.2) is 20.4 Å². The quantitative estimate of drug-likeness (QED) is 0.493. The molecular formula is C21H26N6O2. The summed E-state index contributed by atoms with van der Waals surface area (Å²) < 4.78 is 2.11. The Hall–Kier alpha value is -3.00. The van der Waals surface area contributed by atoms with Crippen molar-refractivity contribution in [2.24, 2.45) is 13.0 Å². The predicted octanol–water partition coefficient (Wildman–Crippen LogP) is 2.72. The van der Waals surface area contributed by atoms with Crippen LogP contribution in [-0.2, 0) is 13.5 Å². The molecule has 1 aliphatic rings. The van der Waals surface area contributed by atoms with Gasteiger partial charge in [-0.2, -0.15) is 0 Å². The van der Waals surface area contributed by atoms with E-state index in [1.54, 1.807) is 5.48 Å². The van der Waals surface area contributed by atoms with E-state index in [1.165, 1.54) is 36.2 Å².